The molecule has 5 nitrogen and oxygen atoms in total. The molecule has 0 aliphatic carbocycles. The summed E-state index contributed by atoms with van der Waals surface area (Å²) in [6, 6.07) is 9.49. The molecule has 0 bridgehead atoms. The molecule has 0 atom stereocenters. The third-order valence-electron chi connectivity index (χ3n) is 3.38. The SMILES string of the molecule is Cc1ccc(Nc2cc3[nH]c(=O)oc3cc2N)cc1C. The number of rotatable bonds is 2. The Hall–Kier alpha value is -2.69. The van der Waals surface area contributed by atoms with Crippen molar-refractivity contribution < 1.29 is 4.42 Å². The second-order valence-electron chi connectivity index (χ2n) is 4.87. The summed E-state index contributed by atoms with van der Waals surface area (Å²) in [6.07, 6.45) is 0. The maximum Gasteiger partial charge on any atom is 0.417 e. The van der Waals surface area contributed by atoms with Gasteiger partial charge in [-0.1, -0.05) is 6.07 Å². The van der Waals surface area contributed by atoms with Crippen LogP contribution in [0.25, 0.3) is 11.1 Å². The van der Waals surface area contributed by atoms with Crippen molar-refractivity contribution in [3.05, 3.63) is 52.0 Å². The first kappa shape index (κ1) is 12.3. The molecule has 0 aliphatic heterocycles. The molecule has 0 unspecified atom stereocenters. The van der Waals surface area contributed by atoms with E-state index in [1.165, 1.54) is 11.1 Å². The van der Waals surface area contributed by atoms with Crippen molar-refractivity contribution in [2.24, 2.45) is 0 Å². The average Bonchev–Trinajstić information content (AvgIpc) is 2.73. The third kappa shape index (κ3) is 2.14. The molecule has 5 heteroatoms. The number of aromatic amines is 1. The number of nitrogens with two attached hydrogens (primary N) is 1. The van der Waals surface area contributed by atoms with Gasteiger partial charge in [0, 0.05) is 11.8 Å². The molecule has 0 saturated heterocycles. The number of nitrogen functional groups attached to an aromatic ring is 1. The monoisotopic (exact) mass is 269 g/mol. The fraction of sp³-hybridized carbons (Fsp3) is 0.133. The molecule has 3 aromatic rings. The summed E-state index contributed by atoms with van der Waals surface area (Å²) in [5.41, 5.74) is 11.7. The molecule has 102 valence electrons. The van der Waals surface area contributed by atoms with Crippen LogP contribution in [0.1, 0.15) is 11.1 Å². The van der Waals surface area contributed by atoms with Crippen molar-refractivity contribution in [3.8, 4) is 0 Å². The maximum absolute atomic E-state index is 11.2. The summed E-state index contributed by atoms with van der Waals surface area (Å²) < 4.78 is 4.97. The van der Waals surface area contributed by atoms with Gasteiger partial charge in [0.25, 0.3) is 0 Å². The Labute approximate surface area is 115 Å². The number of fused-ring (bicyclic) bond motifs is 1. The Morgan fingerprint density at radius 2 is 1.95 bits per heavy atom. The van der Waals surface area contributed by atoms with Gasteiger partial charge in [-0.15, -0.1) is 0 Å². The molecule has 0 amide bonds. The van der Waals surface area contributed by atoms with E-state index < -0.39 is 5.76 Å². The van der Waals surface area contributed by atoms with E-state index >= 15 is 0 Å². The third-order valence-corrected chi connectivity index (χ3v) is 3.38. The van der Waals surface area contributed by atoms with Gasteiger partial charge in [0.15, 0.2) is 5.58 Å². The van der Waals surface area contributed by atoms with Gasteiger partial charge < -0.3 is 15.5 Å². The van der Waals surface area contributed by atoms with Gasteiger partial charge in [-0.05, 0) is 43.2 Å². The van der Waals surface area contributed by atoms with Crippen LogP contribution in [-0.4, -0.2) is 4.98 Å². The van der Waals surface area contributed by atoms with E-state index in [0.717, 1.165) is 11.4 Å². The predicted octanol–water partition coefficient (Wildman–Crippen LogP) is 3.06. The zero-order valence-corrected chi connectivity index (χ0v) is 11.3. The van der Waals surface area contributed by atoms with E-state index in [2.05, 4.69) is 30.2 Å². The lowest BCUT2D eigenvalue weighted by atomic mass is 10.1. The number of oxazole rings is 1. The Morgan fingerprint density at radius 1 is 1.15 bits per heavy atom. The van der Waals surface area contributed by atoms with Crippen LogP contribution in [0.3, 0.4) is 0 Å². The van der Waals surface area contributed by atoms with Crippen molar-refractivity contribution in [1.29, 1.82) is 0 Å². The number of hydrogen-bond acceptors (Lipinski definition) is 4. The Bertz CT molecular complexity index is 846. The van der Waals surface area contributed by atoms with Crippen LogP contribution < -0.4 is 16.8 Å². The smallest absolute Gasteiger partial charge is 0.408 e. The largest absolute Gasteiger partial charge is 0.417 e. The summed E-state index contributed by atoms with van der Waals surface area (Å²) >= 11 is 0. The molecule has 0 radical (unpaired) electrons. The van der Waals surface area contributed by atoms with Crippen molar-refractivity contribution in [2.75, 3.05) is 11.1 Å². The first-order valence-corrected chi connectivity index (χ1v) is 6.29. The first-order chi connectivity index (χ1) is 9.52. The van der Waals surface area contributed by atoms with E-state index in [4.69, 9.17) is 10.2 Å². The van der Waals surface area contributed by atoms with Gasteiger partial charge in [-0.3, -0.25) is 4.98 Å². The van der Waals surface area contributed by atoms with E-state index in [-0.39, 0.29) is 0 Å². The number of aromatic nitrogens is 1. The van der Waals surface area contributed by atoms with Crippen molar-refractivity contribution in [2.45, 2.75) is 13.8 Å². The minimum Gasteiger partial charge on any atom is -0.408 e. The Kier molecular flexibility index (Phi) is 2.75. The van der Waals surface area contributed by atoms with Crippen molar-refractivity contribution in [1.82, 2.24) is 4.98 Å². The zero-order chi connectivity index (χ0) is 14.3. The first-order valence-electron chi connectivity index (χ1n) is 6.29. The molecule has 0 spiro atoms. The zero-order valence-electron chi connectivity index (χ0n) is 11.3. The number of aryl methyl sites for hydroxylation is 2. The summed E-state index contributed by atoms with van der Waals surface area (Å²) in [5, 5.41) is 3.25. The normalized spacial score (nSPS) is 10.9. The van der Waals surface area contributed by atoms with Crippen LogP contribution in [-0.2, 0) is 0 Å². The standard InChI is InChI=1S/C15H15N3O2/c1-8-3-4-10(5-9(8)2)17-12-7-13-14(6-11(12)16)20-15(19)18-13/h3-7,17H,16H2,1-2H3,(H,18,19). The molecule has 20 heavy (non-hydrogen) atoms. The number of H-pyrrole nitrogens is 1. The molecule has 0 saturated carbocycles. The van der Waals surface area contributed by atoms with Crippen LogP contribution >= 0.6 is 0 Å². The number of nitrogens with one attached hydrogen (secondary N) is 2. The van der Waals surface area contributed by atoms with Gasteiger partial charge in [0.2, 0.25) is 0 Å². The molecule has 3 rings (SSSR count). The lowest BCUT2D eigenvalue weighted by Gasteiger charge is -2.11. The second kappa shape index (κ2) is 4.45. The van der Waals surface area contributed by atoms with Crippen LogP contribution in [0.4, 0.5) is 17.1 Å². The van der Waals surface area contributed by atoms with Gasteiger partial charge >= 0.3 is 5.76 Å². The highest BCUT2D eigenvalue weighted by Gasteiger charge is 2.07. The summed E-state index contributed by atoms with van der Waals surface area (Å²) in [4.78, 5) is 13.8. The van der Waals surface area contributed by atoms with E-state index in [1.807, 2.05) is 12.1 Å². The second-order valence-corrected chi connectivity index (χ2v) is 4.87. The quantitative estimate of drug-likeness (QED) is 0.624. The average molecular weight is 269 g/mol. The highest BCUT2D eigenvalue weighted by Crippen LogP contribution is 2.28. The number of hydrogen-bond donors (Lipinski definition) is 3. The van der Waals surface area contributed by atoms with Crippen LogP contribution in [0.5, 0.6) is 0 Å². The Morgan fingerprint density at radius 3 is 2.70 bits per heavy atom. The number of benzene rings is 2. The van der Waals surface area contributed by atoms with Crippen LogP contribution in [0.2, 0.25) is 0 Å². The van der Waals surface area contributed by atoms with Crippen molar-refractivity contribution in [3.63, 3.8) is 0 Å². The lowest BCUT2D eigenvalue weighted by molar-refractivity contribution is 0.555. The van der Waals surface area contributed by atoms with Crippen LogP contribution in [0.15, 0.2) is 39.5 Å². The van der Waals surface area contributed by atoms with E-state index in [9.17, 15) is 4.79 Å². The minimum absolute atomic E-state index is 0.457. The van der Waals surface area contributed by atoms with E-state index in [0.29, 0.717) is 16.8 Å². The molecule has 0 aliphatic rings. The highest BCUT2D eigenvalue weighted by molar-refractivity contribution is 5.87. The summed E-state index contributed by atoms with van der Waals surface area (Å²) in [7, 11) is 0. The molecular formula is C15H15N3O2. The number of anilines is 3. The fourth-order valence-corrected chi connectivity index (χ4v) is 2.10. The van der Waals surface area contributed by atoms with Crippen LogP contribution in [0, 0.1) is 13.8 Å². The van der Waals surface area contributed by atoms with Gasteiger partial charge in [0.1, 0.15) is 0 Å². The molecule has 2 aromatic carbocycles. The predicted molar refractivity (Wildman–Crippen MR) is 80.4 cm³/mol. The molecular weight excluding hydrogens is 254 g/mol. The topological polar surface area (TPSA) is 84.0 Å². The van der Waals surface area contributed by atoms with Gasteiger partial charge in [0.05, 0.1) is 16.9 Å². The van der Waals surface area contributed by atoms with E-state index in [1.54, 1.807) is 12.1 Å². The minimum atomic E-state index is -0.484. The molecule has 1 heterocycles. The van der Waals surface area contributed by atoms with Crippen molar-refractivity contribution >= 4 is 28.2 Å². The summed E-state index contributed by atoms with van der Waals surface area (Å²) in [5.74, 6) is -0.484. The van der Waals surface area contributed by atoms with Gasteiger partial charge in [-0.25, -0.2) is 4.79 Å². The lowest BCUT2D eigenvalue weighted by Crippen LogP contribution is -1.97. The maximum atomic E-state index is 11.2. The summed E-state index contributed by atoms with van der Waals surface area (Å²) in [6.45, 7) is 4.12. The molecule has 1 aromatic heterocycles. The van der Waals surface area contributed by atoms with Gasteiger partial charge in [-0.2, -0.15) is 0 Å². The fourth-order valence-electron chi connectivity index (χ4n) is 2.10. The highest BCUT2D eigenvalue weighted by atomic mass is 16.4. The Balaban J connectivity index is 2.02. The molecule has 0 fully saturated rings. The molecule has 4 N–H and O–H groups in total.